The Hall–Kier alpha value is -2.66. The van der Waals surface area contributed by atoms with Crippen LogP contribution in [0.1, 0.15) is 0 Å². The van der Waals surface area contributed by atoms with Crippen molar-refractivity contribution in [2.75, 3.05) is 11.6 Å². The molecule has 0 aliphatic heterocycles. The first-order chi connectivity index (χ1) is 11.8. The van der Waals surface area contributed by atoms with Gasteiger partial charge in [0.2, 0.25) is 0 Å². The lowest BCUT2D eigenvalue weighted by Crippen LogP contribution is -2.17. The van der Waals surface area contributed by atoms with Crippen molar-refractivity contribution in [2.24, 2.45) is 0 Å². The zero-order valence-corrected chi connectivity index (χ0v) is 13.4. The van der Waals surface area contributed by atoms with Gasteiger partial charge in [-0.15, -0.1) is 13.2 Å². The zero-order valence-electron chi connectivity index (χ0n) is 12.6. The molecule has 0 saturated carbocycles. The van der Waals surface area contributed by atoms with Gasteiger partial charge in [0.05, 0.1) is 6.20 Å². The van der Waals surface area contributed by atoms with Crippen LogP contribution in [0, 0.1) is 0 Å². The fourth-order valence-corrected chi connectivity index (χ4v) is 2.40. The molecule has 0 radical (unpaired) electrons. The minimum atomic E-state index is -4.78. The molecule has 1 aromatic carbocycles. The van der Waals surface area contributed by atoms with Crippen LogP contribution in [-0.2, 0) is 11.2 Å². The summed E-state index contributed by atoms with van der Waals surface area (Å²) in [6.45, 7) is 0. The molecule has 11 heteroatoms. The van der Waals surface area contributed by atoms with Gasteiger partial charge >= 0.3 is 11.5 Å². The van der Waals surface area contributed by atoms with Crippen LogP contribution in [0.15, 0.2) is 41.9 Å². The van der Waals surface area contributed by atoms with Crippen LogP contribution in [0.25, 0.3) is 11.0 Å². The second-order valence-corrected chi connectivity index (χ2v) is 6.04. The van der Waals surface area contributed by atoms with Gasteiger partial charge in [0.25, 0.3) is 0 Å². The highest BCUT2D eigenvalue weighted by Crippen LogP contribution is 2.27. The molecule has 130 valence electrons. The number of anilines is 2. The lowest BCUT2D eigenvalue weighted by molar-refractivity contribution is -0.274. The van der Waals surface area contributed by atoms with Crippen molar-refractivity contribution in [2.45, 2.75) is 11.5 Å². The monoisotopic (exact) mass is 369 g/mol. The van der Waals surface area contributed by atoms with E-state index in [4.69, 9.17) is 0 Å². The first kappa shape index (κ1) is 17.2. The number of hydrogen-bond donors (Lipinski definition) is 1. The number of aromatic nitrogens is 4. The molecule has 0 saturated heterocycles. The van der Waals surface area contributed by atoms with Crippen LogP contribution in [0.5, 0.6) is 5.75 Å². The molecule has 25 heavy (non-hydrogen) atoms. The predicted molar refractivity (Wildman–Crippen MR) is 83.9 cm³/mol. The number of nitrogens with one attached hydrogen (secondary N) is 1. The third-order valence-electron chi connectivity index (χ3n) is 2.94. The number of hydrogen-bond acceptors (Lipinski definition) is 7. The molecule has 0 aliphatic carbocycles. The predicted octanol–water partition coefficient (Wildman–Crippen LogP) is 2.80. The standard InChI is InChI=1S/C14H10F3N5O2S/c1-25(23)13-18-6-10-11(22-13)12(20-7-19-10)21-8-3-2-4-9(5-8)24-14(15,16)17/h2-7H,1H3,(H,19,20,21). The minimum Gasteiger partial charge on any atom is -0.609 e. The van der Waals surface area contributed by atoms with Crippen molar-refractivity contribution in [1.29, 1.82) is 0 Å². The number of rotatable bonds is 4. The second kappa shape index (κ2) is 6.69. The molecular weight excluding hydrogens is 359 g/mol. The van der Waals surface area contributed by atoms with Gasteiger partial charge in [-0.1, -0.05) is 6.07 Å². The molecule has 0 aliphatic rings. The van der Waals surface area contributed by atoms with Gasteiger partial charge < -0.3 is 14.6 Å². The Morgan fingerprint density at radius 3 is 2.72 bits per heavy atom. The zero-order chi connectivity index (χ0) is 18.0. The van der Waals surface area contributed by atoms with E-state index in [1.54, 1.807) is 0 Å². The van der Waals surface area contributed by atoms with Crippen LogP contribution < -0.4 is 10.1 Å². The largest absolute Gasteiger partial charge is 0.609 e. The summed E-state index contributed by atoms with van der Waals surface area (Å²) in [4.78, 5) is 16.1. The molecule has 1 N–H and O–H groups in total. The lowest BCUT2D eigenvalue weighted by atomic mass is 10.3. The van der Waals surface area contributed by atoms with Gasteiger partial charge in [0, 0.05) is 22.9 Å². The highest BCUT2D eigenvalue weighted by molar-refractivity contribution is 7.90. The average molecular weight is 369 g/mol. The van der Waals surface area contributed by atoms with E-state index in [9.17, 15) is 17.7 Å². The number of fused-ring (bicyclic) bond motifs is 1. The normalized spacial score (nSPS) is 12.8. The molecular formula is C14H10F3N5O2S. The van der Waals surface area contributed by atoms with Gasteiger partial charge in [-0.2, -0.15) is 9.97 Å². The van der Waals surface area contributed by atoms with E-state index in [1.165, 1.54) is 43.0 Å². The molecule has 3 rings (SSSR count). The number of benzene rings is 1. The van der Waals surface area contributed by atoms with E-state index in [2.05, 4.69) is 30.0 Å². The highest BCUT2D eigenvalue weighted by atomic mass is 32.2. The van der Waals surface area contributed by atoms with Crippen LogP contribution in [0.4, 0.5) is 24.7 Å². The summed E-state index contributed by atoms with van der Waals surface area (Å²) in [7, 11) is 0. The van der Waals surface area contributed by atoms with Crippen LogP contribution in [0.2, 0.25) is 0 Å². The van der Waals surface area contributed by atoms with E-state index < -0.39 is 17.5 Å². The Kier molecular flexibility index (Phi) is 4.59. The number of ether oxygens (including phenoxy) is 1. The number of alkyl halides is 3. The topological polar surface area (TPSA) is 95.9 Å². The van der Waals surface area contributed by atoms with Crippen LogP contribution >= 0.6 is 0 Å². The van der Waals surface area contributed by atoms with Crippen molar-refractivity contribution in [3.8, 4) is 5.75 Å². The molecule has 0 fully saturated rings. The SMILES string of the molecule is C[S+]([O-])c1ncc2ncnc(Nc3cccc(OC(F)(F)F)c3)c2n1. The summed E-state index contributed by atoms with van der Waals surface area (Å²) in [5.74, 6) is -0.135. The van der Waals surface area contributed by atoms with Crippen molar-refractivity contribution < 1.29 is 22.5 Å². The summed E-state index contributed by atoms with van der Waals surface area (Å²) in [5, 5.41) is 2.95. The van der Waals surface area contributed by atoms with Crippen LogP contribution in [-0.4, -0.2) is 37.1 Å². The molecule has 2 heterocycles. The number of nitrogens with zero attached hydrogens (tertiary/aromatic N) is 4. The van der Waals surface area contributed by atoms with Gasteiger partial charge in [0.1, 0.15) is 29.4 Å². The maximum atomic E-state index is 12.3. The van der Waals surface area contributed by atoms with E-state index >= 15 is 0 Å². The quantitative estimate of drug-likeness (QED) is 0.558. The first-order valence-corrected chi connectivity index (χ1v) is 8.31. The fraction of sp³-hybridized carbons (Fsp3) is 0.143. The Labute approximate surface area is 142 Å². The third-order valence-corrected chi connectivity index (χ3v) is 3.65. The molecule has 1 atom stereocenters. The fourth-order valence-electron chi connectivity index (χ4n) is 1.98. The molecule has 2 aromatic heterocycles. The summed E-state index contributed by atoms with van der Waals surface area (Å²) in [6, 6.07) is 5.28. The minimum absolute atomic E-state index is 0.0968. The Morgan fingerprint density at radius 1 is 1.20 bits per heavy atom. The van der Waals surface area contributed by atoms with Gasteiger partial charge in [0.15, 0.2) is 5.82 Å². The maximum Gasteiger partial charge on any atom is 0.573 e. The Morgan fingerprint density at radius 2 is 2.00 bits per heavy atom. The maximum absolute atomic E-state index is 12.3. The molecule has 3 aromatic rings. The van der Waals surface area contributed by atoms with Crippen molar-refractivity contribution in [1.82, 2.24) is 19.9 Å². The smallest absolute Gasteiger partial charge is 0.573 e. The third kappa shape index (κ3) is 4.25. The highest BCUT2D eigenvalue weighted by Gasteiger charge is 2.31. The molecule has 0 amide bonds. The van der Waals surface area contributed by atoms with Crippen molar-refractivity contribution in [3.63, 3.8) is 0 Å². The van der Waals surface area contributed by atoms with E-state index in [0.717, 1.165) is 0 Å². The van der Waals surface area contributed by atoms with Crippen molar-refractivity contribution in [3.05, 3.63) is 36.8 Å². The summed E-state index contributed by atoms with van der Waals surface area (Å²) >= 11 is -1.41. The Bertz CT molecular complexity index is 907. The van der Waals surface area contributed by atoms with E-state index in [-0.39, 0.29) is 16.7 Å². The van der Waals surface area contributed by atoms with Gasteiger partial charge in [-0.3, -0.25) is 0 Å². The van der Waals surface area contributed by atoms with E-state index in [0.29, 0.717) is 16.7 Å². The average Bonchev–Trinajstić information content (AvgIpc) is 2.53. The second-order valence-electron chi connectivity index (χ2n) is 4.76. The lowest BCUT2D eigenvalue weighted by Gasteiger charge is -2.11. The molecule has 1 unspecified atom stereocenters. The van der Waals surface area contributed by atoms with Gasteiger partial charge in [-0.05, 0) is 12.1 Å². The van der Waals surface area contributed by atoms with Crippen molar-refractivity contribution >= 4 is 33.7 Å². The van der Waals surface area contributed by atoms with E-state index in [1.807, 2.05) is 0 Å². The molecule has 7 nitrogen and oxygen atoms in total. The first-order valence-electron chi connectivity index (χ1n) is 6.76. The van der Waals surface area contributed by atoms with Gasteiger partial charge in [-0.25, -0.2) is 9.97 Å². The summed E-state index contributed by atoms with van der Waals surface area (Å²) < 4.78 is 52.4. The molecule has 0 spiro atoms. The summed E-state index contributed by atoms with van der Waals surface area (Å²) in [5.41, 5.74) is 0.999. The number of halogens is 3. The summed E-state index contributed by atoms with van der Waals surface area (Å²) in [6.07, 6.45) is -0.703. The van der Waals surface area contributed by atoms with Crippen LogP contribution in [0.3, 0.4) is 0 Å². The Balaban J connectivity index is 1.95. The molecule has 0 bridgehead atoms.